The number of esters is 1. The predicted molar refractivity (Wildman–Crippen MR) is 126 cm³/mol. The summed E-state index contributed by atoms with van der Waals surface area (Å²) in [4.78, 5) is 36.3. The molecule has 1 aliphatic rings. The van der Waals surface area contributed by atoms with E-state index in [0.29, 0.717) is 12.2 Å². The minimum absolute atomic E-state index is 0.328. The molecule has 0 aromatic carbocycles. The zero-order valence-electron chi connectivity index (χ0n) is 19.1. The number of hydrogen-bond donors (Lipinski definition) is 3. The van der Waals surface area contributed by atoms with Crippen LogP contribution in [-0.2, 0) is 23.4 Å². The smallest absolute Gasteiger partial charge is 0.330 e. The van der Waals surface area contributed by atoms with Crippen LogP contribution >= 0.6 is 29.7 Å². The van der Waals surface area contributed by atoms with Crippen molar-refractivity contribution in [3.8, 4) is 0 Å². The third-order valence-electron chi connectivity index (χ3n) is 4.75. The van der Waals surface area contributed by atoms with E-state index in [9.17, 15) is 24.1 Å². The predicted octanol–water partition coefficient (Wildman–Crippen LogP) is 1.99. The molecule has 0 radical (unpaired) electrons. The molecule has 33 heavy (non-hydrogen) atoms. The number of carbonyl (C=O) groups excluding carboxylic acids is 1. The van der Waals surface area contributed by atoms with Crippen molar-refractivity contribution >= 4 is 35.7 Å². The van der Waals surface area contributed by atoms with E-state index in [2.05, 4.69) is 10.1 Å². The van der Waals surface area contributed by atoms with Gasteiger partial charge < -0.3 is 19.1 Å². The van der Waals surface area contributed by atoms with Crippen LogP contribution in [0.3, 0.4) is 0 Å². The number of aliphatic hydroxyl groups excluding tert-OH is 1. The van der Waals surface area contributed by atoms with Crippen molar-refractivity contribution in [3.05, 3.63) is 33.1 Å². The van der Waals surface area contributed by atoms with Crippen molar-refractivity contribution in [3.63, 3.8) is 0 Å². The van der Waals surface area contributed by atoms with Gasteiger partial charge in [-0.05, 0) is 34.1 Å². The molecular formula is C19H31ClN3O8PS. The van der Waals surface area contributed by atoms with Crippen molar-refractivity contribution in [2.45, 2.75) is 76.5 Å². The van der Waals surface area contributed by atoms with E-state index in [1.165, 1.54) is 20.0 Å². The first kappa shape index (κ1) is 28.1. The van der Waals surface area contributed by atoms with Crippen LogP contribution in [0.2, 0.25) is 0 Å². The Balaban J connectivity index is 2.16. The van der Waals surface area contributed by atoms with Gasteiger partial charge in [-0.3, -0.25) is 23.7 Å². The van der Waals surface area contributed by atoms with Gasteiger partial charge in [-0.25, -0.2) is 9.88 Å². The van der Waals surface area contributed by atoms with Crippen LogP contribution in [0.4, 0.5) is 0 Å². The molecule has 1 aliphatic heterocycles. The topological polar surface area (TPSA) is 149 Å². The van der Waals surface area contributed by atoms with Crippen LogP contribution < -0.4 is 16.3 Å². The van der Waals surface area contributed by atoms with Crippen LogP contribution in [0, 0.1) is 0 Å². The van der Waals surface area contributed by atoms with E-state index in [0.717, 1.165) is 22.0 Å². The number of ether oxygens (including phenoxy) is 2. The summed E-state index contributed by atoms with van der Waals surface area (Å²) in [5.41, 5.74) is -1.34. The Hall–Kier alpha value is -1.14. The van der Waals surface area contributed by atoms with Gasteiger partial charge in [-0.2, -0.15) is 0 Å². The van der Waals surface area contributed by atoms with E-state index in [1.54, 1.807) is 13.8 Å². The van der Waals surface area contributed by atoms with Gasteiger partial charge in [0.15, 0.2) is 6.23 Å². The normalized spacial score (nSPS) is 27.9. The summed E-state index contributed by atoms with van der Waals surface area (Å²) in [6.07, 6.45) is -1.86. The van der Waals surface area contributed by atoms with E-state index in [1.807, 2.05) is 6.92 Å². The van der Waals surface area contributed by atoms with Crippen molar-refractivity contribution in [2.24, 2.45) is 0 Å². The Labute approximate surface area is 200 Å². The highest BCUT2D eigenvalue weighted by Gasteiger charge is 2.54. The van der Waals surface area contributed by atoms with E-state index in [-0.39, 0.29) is 12.7 Å². The molecule has 188 valence electrons. The fourth-order valence-corrected chi connectivity index (χ4v) is 7.32. The molecule has 2 heterocycles. The molecule has 0 spiro atoms. The molecule has 3 N–H and O–H groups in total. The maximum Gasteiger partial charge on any atom is 0.330 e. The summed E-state index contributed by atoms with van der Waals surface area (Å²) in [7, 11) is 0. The molecule has 14 heteroatoms. The van der Waals surface area contributed by atoms with Crippen LogP contribution in [0.1, 0.15) is 47.3 Å². The number of aromatic amines is 1. The molecular weight excluding hydrogens is 497 g/mol. The Bertz CT molecular complexity index is 984. The second-order valence-electron chi connectivity index (χ2n) is 8.10. The van der Waals surface area contributed by atoms with Gasteiger partial charge in [0.2, 0.25) is 0 Å². The SMILES string of the molecule is CCCSP(=O)(N[C@H](C)C(=O)OC(C)C)OC[C@H]1OC(n2ccc(=O)[nH]c2=O)[C@](C)(Cl)[C@@H]1O. The molecule has 1 aromatic heterocycles. The Morgan fingerprint density at radius 1 is 1.45 bits per heavy atom. The average Bonchev–Trinajstić information content (AvgIpc) is 2.94. The first-order chi connectivity index (χ1) is 15.3. The van der Waals surface area contributed by atoms with Gasteiger partial charge in [0.05, 0.1) is 12.7 Å². The van der Waals surface area contributed by atoms with Crippen LogP contribution in [-0.4, -0.2) is 62.2 Å². The minimum Gasteiger partial charge on any atom is -0.462 e. The summed E-state index contributed by atoms with van der Waals surface area (Å²) < 4.78 is 31.0. The third kappa shape index (κ3) is 7.17. The number of nitrogens with one attached hydrogen (secondary N) is 2. The fraction of sp³-hybridized carbons (Fsp3) is 0.737. The van der Waals surface area contributed by atoms with Gasteiger partial charge in [-0.1, -0.05) is 18.3 Å². The number of rotatable bonds is 11. The Morgan fingerprint density at radius 2 is 2.12 bits per heavy atom. The summed E-state index contributed by atoms with van der Waals surface area (Å²) in [5, 5.41) is 13.4. The van der Waals surface area contributed by atoms with Gasteiger partial charge in [-0.15, -0.1) is 11.6 Å². The van der Waals surface area contributed by atoms with Gasteiger partial charge >= 0.3 is 18.4 Å². The van der Waals surface area contributed by atoms with Crippen molar-refractivity contribution in [1.82, 2.24) is 14.6 Å². The maximum atomic E-state index is 13.4. The lowest BCUT2D eigenvalue weighted by atomic mass is 10.0. The highest BCUT2D eigenvalue weighted by molar-refractivity contribution is 8.56. The first-order valence-electron chi connectivity index (χ1n) is 10.5. The van der Waals surface area contributed by atoms with Crippen LogP contribution in [0.15, 0.2) is 21.9 Å². The molecule has 0 aliphatic carbocycles. The summed E-state index contributed by atoms with van der Waals surface area (Å²) >= 11 is 7.52. The van der Waals surface area contributed by atoms with Gasteiger partial charge in [0.25, 0.3) is 5.56 Å². The molecule has 6 atom stereocenters. The minimum atomic E-state index is -3.60. The van der Waals surface area contributed by atoms with Gasteiger partial charge in [0, 0.05) is 18.0 Å². The molecule has 0 bridgehead atoms. The third-order valence-corrected chi connectivity index (χ3v) is 9.49. The summed E-state index contributed by atoms with van der Waals surface area (Å²) in [6, 6.07) is 0.230. The molecule has 2 rings (SSSR count). The lowest BCUT2D eigenvalue weighted by molar-refractivity contribution is -0.149. The van der Waals surface area contributed by atoms with Crippen molar-refractivity contribution in [2.75, 3.05) is 12.4 Å². The van der Waals surface area contributed by atoms with E-state index in [4.69, 9.17) is 25.6 Å². The average molecular weight is 528 g/mol. The number of aliphatic hydroxyl groups is 1. The molecule has 11 nitrogen and oxygen atoms in total. The van der Waals surface area contributed by atoms with Crippen molar-refractivity contribution < 1.29 is 28.5 Å². The first-order valence-corrected chi connectivity index (χ1v) is 14.1. The zero-order valence-corrected chi connectivity index (χ0v) is 21.6. The number of aromatic nitrogens is 2. The number of nitrogens with zero attached hydrogens (tertiary/aromatic N) is 1. The van der Waals surface area contributed by atoms with Crippen molar-refractivity contribution in [1.29, 1.82) is 0 Å². The fourth-order valence-electron chi connectivity index (χ4n) is 3.08. The maximum absolute atomic E-state index is 13.4. The van der Waals surface area contributed by atoms with E-state index >= 15 is 0 Å². The van der Waals surface area contributed by atoms with E-state index < -0.39 is 53.3 Å². The number of H-pyrrole nitrogens is 1. The molecule has 1 fully saturated rings. The largest absolute Gasteiger partial charge is 0.462 e. The molecule has 2 unspecified atom stereocenters. The number of halogens is 1. The lowest BCUT2D eigenvalue weighted by Crippen LogP contribution is -2.43. The lowest BCUT2D eigenvalue weighted by Gasteiger charge is -2.26. The molecule has 1 aromatic rings. The highest BCUT2D eigenvalue weighted by Crippen LogP contribution is 2.57. The quantitative estimate of drug-likeness (QED) is 0.221. The number of carbonyl (C=O) groups is 1. The van der Waals surface area contributed by atoms with Crippen LogP contribution in [0.5, 0.6) is 0 Å². The molecule has 0 amide bonds. The van der Waals surface area contributed by atoms with Crippen LogP contribution in [0.25, 0.3) is 0 Å². The monoisotopic (exact) mass is 527 g/mol. The second kappa shape index (κ2) is 11.5. The number of alkyl halides is 1. The van der Waals surface area contributed by atoms with Gasteiger partial charge in [0.1, 0.15) is 23.1 Å². The second-order valence-corrected chi connectivity index (χ2v) is 13.3. The standard InChI is InChI=1S/C19H31ClN3O8PS/c1-6-9-33-32(28,22-12(4)16(26)30-11(2)3)29-10-13-15(25)19(5,20)17(31-13)23-8-7-14(24)21-18(23)27/h7-8,11-13,15,17,25H,6,9-10H2,1-5H3,(H,22,28)(H,21,24,27)/t12-,13-,15-,17?,19-,32?/m1/s1. The number of hydrogen-bond acceptors (Lipinski definition) is 9. The summed E-state index contributed by atoms with van der Waals surface area (Å²) in [6.45, 7) is 4.39. The highest BCUT2D eigenvalue weighted by atomic mass is 35.5. The zero-order chi connectivity index (χ0) is 25.0. The molecule has 1 saturated heterocycles. The Morgan fingerprint density at radius 3 is 2.70 bits per heavy atom. The Kier molecular flexibility index (Phi) is 9.81. The molecule has 0 saturated carbocycles. The summed E-state index contributed by atoms with van der Waals surface area (Å²) in [5.74, 6) is -0.0821.